The normalized spacial score (nSPS) is 22.9. The number of hydrogen-bond acceptors (Lipinski definition) is 4. The van der Waals surface area contributed by atoms with Gasteiger partial charge in [-0.2, -0.15) is 11.8 Å². The first kappa shape index (κ1) is 14.7. The molecule has 0 saturated heterocycles. The lowest BCUT2D eigenvalue weighted by atomic mass is 10.2. The van der Waals surface area contributed by atoms with Crippen LogP contribution in [0.15, 0.2) is 29.3 Å². The third-order valence-corrected chi connectivity index (χ3v) is 6.65. The number of anilines is 1. The van der Waals surface area contributed by atoms with Gasteiger partial charge in [0.15, 0.2) is 0 Å². The number of nitrogens with one attached hydrogen (secondary N) is 2. The fourth-order valence-electron chi connectivity index (χ4n) is 2.88. The quantitative estimate of drug-likeness (QED) is 0.753. The van der Waals surface area contributed by atoms with Gasteiger partial charge in [-0.3, -0.25) is 0 Å². The third-order valence-electron chi connectivity index (χ3n) is 4.00. The van der Waals surface area contributed by atoms with Crippen LogP contribution in [0, 0.1) is 0 Å². The first-order valence-corrected chi connectivity index (χ1v) is 9.68. The molecule has 2 aromatic rings. The van der Waals surface area contributed by atoms with Crippen molar-refractivity contribution in [3.05, 3.63) is 24.4 Å². The predicted octanol–water partition coefficient (Wildman–Crippen LogP) is 2.31. The highest BCUT2D eigenvalue weighted by atomic mass is 32.2. The number of H-pyrrole nitrogens is 1. The van der Waals surface area contributed by atoms with Crippen LogP contribution in [0.5, 0.6) is 0 Å². The summed E-state index contributed by atoms with van der Waals surface area (Å²) >= 11 is 1.81. The maximum absolute atomic E-state index is 12.6. The molecular weight excluding hydrogens is 306 g/mol. The zero-order valence-electron chi connectivity index (χ0n) is 11.8. The van der Waals surface area contributed by atoms with Crippen molar-refractivity contribution < 1.29 is 8.42 Å². The van der Waals surface area contributed by atoms with Gasteiger partial charge in [0.1, 0.15) is 4.90 Å². The Hall–Kier alpha value is -1.18. The molecule has 0 bridgehead atoms. The minimum Gasteiger partial charge on any atom is -0.399 e. The second-order valence-corrected chi connectivity index (χ2v) is 8.27. The Morgan fingerprint density at radius 3 is 2.90 bits per heavy atom. The Morgan fingerprint density at radius 2 is 2.19 bits per heavy atom. The molecule has 21 heavy (non-hydrogen) atoms. The Labute approximate surface area is 128 Å². The molecule has 1 aliphatic rings. The molecule has 5 nitrogen and oxygen atoms in total. The second-order valence-electron chi connectivity index (χ2n) is 5.45. The molecule has 4 N–H and O–H groups in total. The lowest BCUT2D eigenvalue weighted by molar-refractivity contribution is 0.553. The molecule has 0 spiro atoms. The molecule has 1 fully saturated rings. The number of aromatic amines is 1. The van der Waals surface area contributed by atoms with Crippen molar-refractivity contribution in [3.63, 3.8) is 0 Å². The topological polar surface area (TPSA) is 88.0 Å². The van der Waals surface area contributed by atoms with Gasteiger partial charge in [0.05, 0.1) is 0 Å². The van der Waals surface area contributed by atoms with Crippen molar-refractivity contribution in [2.45, 2.75) is 35.4 Å². The summed E-state index contributed by atoms with van der Waals surface area (Å²) in [5.74, 6) is 0. The van der Waals surface area contributed by atoms with E-state index in [2.05, 4.69) is 16.0 Å². The summed E-state index contributed by atoms with van der Waals surface area (Å²) in [5.41, 5.74) is 7.07. The van der Waals surface area contributed by atoms with Gasteiger partial charge in [-0.05, 0) is 43.7 Å². The van der Waals surface area contributed by atoms with Crippen molar-refractivity contribution in [1.29, 1.82) is 0 Å². The summed E-state index contributed by atoms with van der Waals surface area (Å²) in [6, 6.07) is 5.24. The van der Waals surface area contributed by atoms with Crippen LogP contribution in [0.2, 0.25) is 0 Å². The molecule has 114 valence electrons. The van der Waals surface area contributed by atoms with Crippen molar-refractivity contribution in [1.82, 2.24) is 9.71 Å². The molecule has 3 rings (SSSR count). The molecule has 1 heterocycles. The van der Waals surface area contributed by atoms with E-state index in [9.17, 15) is 8.42 Å². The van der Waals surface area contributed by atoms with E-state index in [1.165, 1.54) is 6.20 Å². The van der Waals surface area contributed by atoms with Crippen molar-refractivity contribution in [2.24, 2.45) is 0 Å². The second kappa shape index (κ2) is 5.55. The fraction of sp³-hybridized carbons (Fsp3) is 0.429. The zero-order chi connectivity index (χ0) is 15.0. The zero-order valence-corrected chi connectivity index (χ0v) is 13.4. The lowest BCUT2D eigenvalue weighted by Gasteiger charge is -2.12. The van der Waals surface area contributed by atoms with Crippen LogP contribution < -0.4 is 10.5 Å². The number of nitrogen functional groups attached to an aromatic ring is 1. The van der Waals surface area contributed by atoms with Gasteiger partial charge in [-0.1, -0.05) is 0 Å². The van der Waals surface area contributed by atoms with Crippen molar-refractivity contribution in [3.8, 4) is 0 Å². The maximum atomic E-state index is 12.6. The van der Waals surface area contributed by atoms with Crippen LogP contribution in [0.1, 0.15) is 19.3 Å². The van der Waals surface area contributed by atoms with Gasteiger partial charge < -0.3 is 10.7 Å². The van der Waals surface area contributed by atoms with Gasteiger partial charge in [-0.15, -0.1) is 0 Å². The Balaban J connectivity index is 1.87. The van der Waals surface area contributed by atoms with Crippen LogP contribution in [-0.2, 0) is 10.0 Å². The van der Waals surface area contributed by atoms with Crippen molar-refractivity contribution >= 4 is 38.4 Å². The number of rotatable bonds is 4. The predicted molar refractivity (Wildman–Crippen MR) is 88.0 cm³/mol. The summed E-state index contributed by atoms with van der Waals surface area (Å²) in [6.07, 6.45) is 6.48. The van der Waals surface area contributed by atoms with Crippen LogP contribution >= 0.6 is 11.8 Å². The van der Waals surface area contributed by atoms with E-state index in [-0.39, 0.29) is 6.04 Å². The average Bonchev–Trinajstić information content (AvgIpc) is 3.04. The first-order valence-electron chi connectivity index (χ1n) is 6.91. The molecule has 1 aromatic heterocycles. The summed E-state index contributed by atoms with van der Waals surface area (Å²) in [7, 11) is -3.50. The molecule has 1 aromatic carbocycles. The summed E-state index contributed by atoms with van der Waals surface area (Å²) in [6.45, 7) is 0. The Bertz CT molecular complexity index is 755. The van der Waals surface area contributed by atoms with Crippen LogP contribution in [0.4, 0.5) is 5.69 Å². The van der Waals surface area contributed by atoms with Gasteiger partial charge in [-0.25, -0.2) is 13.1 Å². The number of hydrogen-bond donors (Lipinski definition) is 3. The molecule has 7 heteroatoms. The molecule has 0 radical (unpaired) electrons. The number of sulfonamides is 1. The van der Waals surface area contributed by atoms with Gasteiger partial charge >= 0.3 is 0 Å². The molecule has 0 aliphatic heterocycles. The number of benzene rings is 1. The van der Waals surface area contributed by atoms with Gasteiger partial charge in [0.25, 0.3) is 0 Å². The number of fused-ring (bicyclic) bond motifs is 1. The van der Waals surface area contributed by atoms with Crippen LogP contribution in [0.3, 0.4) is 0 Å². The van der Waals surface area contributed by atoms with E-state index < -0.39 is 10.0 Å². The molecule has 1 aliphatic carbocycles. The molecular formula is C14H19N3O2S2. The number of aromatic nitrogens is 1. The number of thioether (sulfide) groups is 1. The third kappa shape index (κ3) is 2.90. The summed E-state index contributed by atoms with van der Waals surface area (Å²) in [5, 5.41) is 1.23. The molecule has 2 unspecified atom stereocenters. The van der Waals surface area contributed by atoms with Crippen LogP contribution in [-0.4, -0.2) is 30.9 Å². The first-order chi connectivity index (χ1) is 9.99. The largest absolute Gasteiger partial charge is 0.399 e. The Morgan fingerprint density at radius 1 is 1.38 bits per heavy atom. The highest BCUT2D eigenvalue weighted by Crippen LogP contribution is 2.30. The van der Waals surface area contributed by atoms with E-state index in [0.717, 1.165) is 24.8 Å². The standard InChI is InChI=1S/C14H19N3O2S2/c1-20-11-4-3-10(7-11)17-21(18,19)14-8-16-13-6-9(15)2-5-12(13)14/h2,5-6,8,10-11,16-17H,3-4,7,15H2,1H3. The summed E-state index contributed by atoms with van der Waals surface area (Å²) in [4.78, 5) is 3.27. The van der Waals surface area contributed by atoms with E-state index in [1.54, 1.807) is 18.2 Å². The van der Waals surface area contributed by atoms with Crippen molar-refractivity contribution in [2.75, 3.05) is 12.0 Å². The van der Waals surface area contributed by atoms with E-state index in [1.807, 2.05) is 11.8 Å². The average molecular weight is 325 g/mol. The van der Waals surface area contributed by atoms with E-state index in [0.29, 0.717) is 21.2 Å². The van der Waals surface area contributed by atoms with Crippen LogP contribution in [0.25, 0.3) is 10.9 Å². The molecule has 2 atom stereocenters. The molecule has 1 saturated carbocycles. The van der Waals surface area contributed by atoms with Gasteiger partial charge in [0, 0.05) is 34.1 Å². The minimum absolute atomic E-state index is 0.0335. The fourth-order valence-corrected chi connectivity index (χ4v) is 5.14. The molecule has 0 amide bonds. The lowest BCUT2D eigenvalue weighted by Crippen LogP contribution is -2.33. The Kier molecular flexibility index (Phi) is 3.90. The monoisotopic (exact) mass is 325 g/mol. The smallest absolute Gasteiger partial charge is 0.242 e. The van der Waals surface area contributed by atoms with Gasteiger partial charge in [0.2, 0.25) is 10.0 Å². The highest BCUT2D eigenvalue weighted by molar-refractivity contribution is 7.99. The maximum Gasteiger partial charge on any atom is 0.242 e. The highest BCUT2D eigenvalue weighted by Gasteiger charge is 2.29. The minimum atomic E-state index is -3.50. The summed E-state index contributed by atoms with van der Waals surface area (Å²) < 4.78 is 28.0. The van der Waals surface area contributed by atoms with E-state index in [4.69, 9.17) is 5.73 Å². The number of nitrogens with two attached hydrogens (primary N) is 1. The van der Waals surface area contributed by atoms with E-state index >= 15 is 0 Å². The SMILES string of the molecule is CSC1CCC(NS(=O)(=O)c2c[nH]c3cc(N)ccc23)C1.